The molecule has 1 rings (SSSR count). The first-order valence-corrected chi connectivity index (χ1v) is 4.86. The smallest absolute Gasteiger partial charge is 0.320 e. The maximum Gasteiger partial charge on any atom is 0.320 e. The van der Waals surface area contributed by atoms with Gasteiger partial charge < -0.3 is 10.8 Å². The van der Waals surface area contributed by atoms with Crippen molar-refractivity contribution in [3.8, 4) is 0 Å². The van der Waals surface area contributed by atoms with Gasteiger partial charge in [-0.15, -0.1) is 11.3 Å². The number of carbonyl (C=O) groups is 1. The minimum absolute atomic E-state index is 0.422. The molecule has 4 heteroatoms. The van der Waals surface area contributed by atoms with Gasteiger partial charge in [0.2, 0.25) is 0 Å². The maximum atomic E-state index is 10.5. The first-order valence-electron chi connectivity index (χ1n) is 4.05. The Kier molecular flexibility index (Phi) is 3.06. The fourth-order valence-electron chi connectivity index (χ4n) is 1.21. The summed E-state index contributed by atoms with van der Waals surface area (Å²) >= 11 is 1.67. The topological polar surface area (TPSA) is 63.3 Å². The number of aliphatic carboxylic acids is 1. The second-order valence-electron chi connectivity index (χ2n) is 3.09. The third-order valence-electron chi connectivity index (χ3n) is 1.90. The van der Waals surface area contributed by atoms with E-state index in [9.17, 15) is 4.79 Å². The van der Waals surface area contributed by atoms with Gasteiger partial charge in [0.15, 0.2) is 0 Å². The number of rotatable bonds is 3. The van der Waals surface area contributed by atoms with Gasteiger partial charge in [0.05, 0.1) is 0 Å². The quantitative estimate of drug-likeness (QED) is 0.771. The van der Waals surface area contributed by atoms with Crippen molar-refractivity contribution in [2.24, 2.45) is 5.73 Å². The van der Waals surface area contributed by atoms with Gasteiger partial charge in [-0.2, -0.15) is 0 Å². The summed E-state index contributed by atoms with van der Waals surface area (Å²) in [4.78, 5) is 12.9. The molecule has 0 saturated heterocycles. The van der Waals surface area contributed by atoms with Gasteiger partial charge in [0.1, 0.15) is 6.04 Å². The average Bonchev–Trinajstić information content (AvgIpc) is 2.30. The first-order chi connectivity index (χ1) is 6.00. The highest BCUT2D eigenvalue weighted by Crippen LogP contribution is 2.21. The van der Waals surface area contributed by atoms with Crippen molar-refractivity contribution in [1.29, 1.82) is 0 Å². The molecule has 0 bridgehead atoms. The molecule has 1 unspecified atom stereocenters. The number of nitrogens with two attached hydrogens (primary N) is 1. The van der Waals surface area contributed by atoms with Crippen molar-refractivity contribution in [3.63, 3.8) is 0 Å². The molecule has 0 radical (unpaired) electrons. The minimum atomic E-state index is -0.941. The molecule has 0 spiro atoms. The van der Waals surface area contributed by atoms with Crippen LogP contribution >= 0.6 is 11.3 Å². The lowest BCUT2D eigenvalue weighted by molar-refractivity contribution is -0.138. The zero-order valence-electron chi connectivity index (χ0n) is 7.70. The van der Waals surface area contributed by atoms with Crippen LogP contribution in [-0.2, 0) is 11.2 Å². The van der Waals surface area contributed by atoms with E-state index in [0.29, 0.717) is 6.42 Å². The molecule has 0 aromatic carbocycles. The third-order valence-corrected chi connectivity index (χ3v) is 2.91. The summed E-state index contributed by atoms with van der Waals surface area (Å²) in [7, 11) is 0. The van der Waals surface area contributed by atoms with Crippen LogP contribution in [0.5, 0.6) is 0 Å². The van der Waals surface area contributed by atoms with E-state index in [2.05, 4.69) is 0 Å². The zero-order chi connectivity index (χ0) is 10.0. The Balaban J connectivity index is 2.74. The Hall–Kier alpha value is -0.870. The van der Waals surface area contributed by atoms with E-state index in [0.717, 1.165) is 10.4 Å². The highest BCUT2D eigenvalue weighted by Gasteiger charge is 2.14. The van der Waals surface area contributed by atoms with Gasteiger partial charge >= 0.3 is 5.97 Å². The van der Waals surface area contributed by atoms with Crippen LogP contribution in [-0.4, -0.2) is 17.1 Å². The monoisotopic (exact) mass is 199 g/mol. The molecule has 13 heavy (non-hydrogen) atoms. The second-order valence-corrected chi connectivity index (χ2v) is 4.55. The van der Waals surface area contributed by atoms with Gasteiger partial charge in [-0.05, 0) is 31.9 Å². The number of hydrogen-bond donors (Lipinski definition) is 2. The molecule has 1 heterocycles. The maximum absolute atomic E-state index is 10.5. The Labute approximate surface area is 81.2 Å². The van der Waals surface area contributed by atoms with Crippen LogP contribution in [0, 0.1) is 13.8 Å². The normalized spacial score (nSPS) is 12.8. The van der Waals surface area contributed by atoms with Crippen LogP contribution in [0.3, 0.4) is 0 Å². The standard InChI is InChI=1S/C9H13NO2S/c1-5-3-7(6(2)13-5)4-8(10)9(11)12/h3,8H,4,10H2,1-2H3,(H,11,12). The predicted molar refractivity (Wildman–Crippen MR) is 53.1 cm³/mol. The molecule has 1 atom stereocenters. The molecule has 72 valence electrons. The van der Waals surface area contributed by atoms with E-state index >= 15 is 0 Å². The molecule has 0 aliphatic carbocycles. The SMILES string of the molecule is Cc1cc(CC(N)C(=O)O)c(C)s1. The molecule has 0 aliphatic rings. The van der Waals surface area contributed by atoms with E-state index in [1.807, 2.05) is 19.9 Å². The Bertz CT molecular complexity index is 319. The van der Waals surface area contributed by atoms with Gasteiger partial charge in [-0.25, -0.2) is 0 Å². The summed E-state index contributed by atoms with van der Waals surface area (Å²) in [5.74, 6) is -0.941. The Morgan fingerprint density at radius 1 is 1.69 bits per heavy atom. The van der Waals surface area contributed by atoms with Crippen molar-refractivity contribution in [3.05, 3.63) is 21.4 Å². The predicted octanol–water partition coefficient (Wildman–Crippen LogP) is 1.32. The van der Waals surface area contributed by atoms with Crippen molar-refractivity contribution < 1.29 is 9.90 Å². The lowest BCUT2D eigenvalue weighted by Crippen LogP contribution is -2.32. The van der Waals surface area contributed by atoms with Gasteiger partial charge in [0, 0.05) is 9.75 Å². The van der Waals surface area contributed by atoms with Crippen molar-refractivity contribution in [2.45, 2.75) is 26.3 Å². The van der Waals surface area contributed by atoms with Crippen LogP contribution in [0.2, 0.25) is 0 Å². The van der Waals surface area contributed by atoms with Crippen LogP contribution in [0.1, 0.15) is 15.3 Å². The highest BCUT2D eigenvalue weighted by atomic mass is 32.1. The number of carboxylic acid groups (broad SMARTS) is 1. The Morgan fingerprint density at radius 3 is 2.69 bits per heavy atom. The molecular weight excluding hydrogens is 186 g/mol. The number of carboxylic acids is 1. The summed E-state index contributed by atoms with van der Waals surface area (Å²) in [5.41, 5.74) is 6.48. The van der Waals surface area contributed by atoms with E-state index in [1.54, 1.807) is 11.3 Å². The van der Waals surface area contributed by atoms with Crippen LogP contribution in [0.15, 0.2) is 6.07 Å². The van der Waals surface area contributed by atoms with Crippen molar-refractivity contribution in [2.75, 3.05) is 0 Å². The van der Waals surface area contributed by atoms with Gasteiger partial charge in [-0.1, -0.05) is 0 Å². The summed E-state index contributed by atoms with van der Waals surface area (Å²) in [6.07, 6.45) is 0.422. The largest absolute Gasteiger partial charge is 0.480 e. The summed E-state index contributed by atoms with van der Waals surface area (Å²) in [6.45, 7) is 4.00. The summed E-state index contributed by atoms with van der Waals surface area (Å²) in [5, 5.41) is 8.62. The fraction of sp³-hybridized carbons (Fsp3) is 0.444. The molecule has 0 aliphatic heterocycles. The van der Waals surface area contributed by atoms with E-state index in [1.165, 1.54) is 4.88 Å². The molecule has 0 fully saturated rings. The average molecular weight is 199 g/mol. The molecular formula is C9H13NO2S. The van der Waals surface area contributed by atoms with E-state index < -0.39 is 12.0 Å². The molecule has 0 saturated carbocycles. The van der Waals surface area contributed by atoms with E-state index in [-0.39, 0.29) is 0 Å². The Morgan fingerprint density at radius 2 is 2.31 bits per heavy atom. The highest BCUT2D eigenvalue weighted by molar-refractivity contribution is 7.12. The lowest BCUT2D eigenvalue weighted by atomic mass is 10.1. The van der Waals surface area contributed by atoms with Gasteiger partial charge in [0.25, 0.3) is 0 Å². The molecule has 3 N–H and O–H groups in total. The summed E-state index contributed by atoms with van der Waals surface area (Å²) < 4.78 is 0. The van der Waals surface area contributed by atoms with Crippen LogP contribution in [0.4, 0.5) is 0 Å². The lowest BCUT2D eigenvalue weighted by Gasteiger charge is -2.04. The zero-order valence-corrected chi connectivity index (χ0v) is 8.52. The number of aryl methyl sites for hydroxylation is 2. The molecule has 1 aromatic rings. The van der Waals surface area contributed by atoms with Crippen molar-refractivity contribution in [1.82, 2.24) is 0 Å². The fourth-order valence-corrected chi connectivity index (χ4v) is 2.17. The molecule has 0 amide bonds. The van der Waals surface area contributed by atoms with Crippen molar-refractivity contribution >= 4 is 17.3 Å². The molecule has 1 aromatic heterocycles. The number of thiophene rings is 1. The minimum Gasteiger partial charge on any atom is -0.480 e. The van der Waals surface area contributed by atoms with Gasteiger partial charge in [-0.3, -0.25) is 4.79 Å². The second kappa shape index (κ2) is 3.89. The van der Waals surface area contributed by atoms with Crippen LogP contribution in [0.25, 0.3) is 0 Å². The number of hydrogen-bond acceptors (Lipinski definition) is 3. The van der Waals surface area contributed by atoms with Crippen LogP contribution < -0.4 is 5.73 Å². The first kappa shape index (κ1) is 10.2. The third kappa shape index (κ3) is 2.54. The van der Waals surface area contributed by atoms with E-state index in [4.69, 9.17) is 10.8 Å². The summed E-state index contributed by atoms with van der Waals surface area (Å²) in [6, 6.07) is 1.22. The molecule has 3 nitrogen and oxygen atoms in total.